The van der Waals surface area contributed by atoms with Gasteiger partial charge in [-0.25, -0.2) is 8.78 Å². The van der Waals surface area contributed by atoms with Crippen molar-refractivity contribution in [3.63, 3.8) is 0 Å². The van der Waals surface area contributed by atoms with Gasteiger partial charge in [0.2, 0.25) is 0 Å². The molecule has 3 aromatic rings. The molecule has 0 fully saturated rings. The molecule has 0 spiro atoms. The Morgan fingerprint density at radius 3 is 2.08 bits per heavy atom. The number of nitrogens with one attached hydrogen (secondary N) is 2. The third-order valence-corrected chi connectivity index (χ3v) is 6.57. The van der Waals surface area contributed by atoms with Crippen molar-refractivity contribution in [3.8, 4) is 0 Å². The smallest absolute Gasteiger partial charge is 0.298 e. The zero-order valence-electron chi connectivity index (χ0n) is 19.3. The monoisotopic (exact) mass is 616 g/mol. The minimum absolute atomic E-state index is 0.0595. The van der Waals surface area contributed by atoms with E-state index in [1.165, 1.54) is 13.0 Å². The molecule has 1 unspecified atom stereocenters. The van der Waals surface area contributed by atoms with Crippen LogP contribution in [0.4, 0.5) is 40.8 Å². The van der Waals surface area contributed by atoms with Gasteiger partial charge in [-0.15, -0.1) is 0 Å². The summed E-state index contributed by atoms with van der Waals surface area (Å²) in [6.07, 6.45) is -10.2. The average Bonchev–Trinajstić information content (AvgIpc) is 2.83. The van der Waals surface area contributed by atoms with Crippen LogP contribution in [0.25, 0.3) is 5.83 Å². The number of anilines is 1. The first-order chi connectivity index (χ1) is 18.0. The minimum Gasteiger partial charge on any atom is -0.298 e. The number of amides is 1. The molecule has 0 aromatic heterocycles. The van der Waals surface area contributed by atoms with Crippen molar-refractivity contribution in [2.24, 2.45) is 0 Å². The fourth-order valence-corrected chi connectivity index (χ4v) is 4.07. The fourth-order valence-electron chi connectivity index (χ4n) is 3.46. The molecule has 0 saturated carbocycles. The van der Waals surface area contributed by atoms with Crippen LogP contribution < -0.4 is 10.9 Å². The number of carbonyl (C=O) groups is 1. The van der Waals surface area contributed by atoms with E-state index in [2.05, 4.69) is 5.43 Å². The van der Waals surface area contributed by atoms with Crippen molar-refractivity contribution in [2.75, 3.05) is 5.43 Å². The van der Waals surface area contributed by atoms with E-state index in [0.717, 1.165) is 24.3 Å². The third kappa shape index (κ3) is 7.34. The van der Waals surface area contributed by atoms with Gasteiger partial charge in [-0.2, -0.15) is 26.3 Å². The highest BCUT2D eigenvalue weighted by atomic mass is 35.5. The summed E-state index contributed by atoms with van der Waals surface area (Å²) < 4.78 is 111. The van der Waals surface area contributed by atoms with Crippen LogP contribution in [0.2, 0.25) is 15.1 Å². The van der Waals surface area contributed by atoms with Crippen LogP contribution in [0.3, 0.4) is 0 Å². The van der Waals surface area contributed by atoms with E-state index in [0.29, 0.717) is 17.7 Å². The van der Waals surface area contributed by atoms with E-state index in [1.54, 1.807) is 0 Å². The molecule has 0 saturated heterocycles. The van der Waals surface area contributed by atoms with Gasteiger partial charge in [0.15, 0.2) is 0 Å². The Kier molecular flexibility index (Phi) is 9.09. The molecule has 3 aromatic carbocycles. The number of hydrogen-bond acceptors (Lipinski definition) is 2. The predicted octanol–water partition coefficient (Wildman–Crippen LogP) is 9.53. The third-order valence-electron chi connectivity index (χ3n) is 5.38. The van der Waals surface area contributed by atoms with Crippen LogP contribution in [0.15, 0.2) is 54.6 Å². The second-order valence-corrected chi connectivity index (χ2v) is 9.32. The lowest BCUT2D eigenvalue weighted by molar-refractivity contribution is -0.140. The maximum absolute atomic E-state index is 15.0. The molecule has 14 heteroatoms. The standard InChI is InChI=1S/C25H15Cl3F8N2O/c1-11-6-14(29)3-5-21(11)37-38-23(39)15-4-2-12(7-17(15)25(34,35)36)20(30)10-16(24(31,32)33)13-8-18(26)22(28)19(27)9-13/h2-10,16,37H,1H3,(H,38,39). The SMILES string of the molecule is Cc1cc(F)ccc1NNC(=O)c1ccc(C(F)=CC(c2cc(Cl)c(Cl)c(Cl)c2)C(F)(F)F)cc1C(F)(F)F. The molecule has 1 atom stereocenters. The van der Waals surface area contributed by atoms with E-state index in [-0.39, 0.29) is 32.9 Å². The maximum atomic E-state index is 15.0. The number of rotatable bonds is 6. The second kappa shape index (κ2) is 11.6. The molecule has 2 N–H and O–H groups in total. The molecule has 0 radical (unpaired) electrons. The van der Waals surface area contributed by atoms with Crippen LogP contribution in [0.1, 0.15) is 38.5 Å². The van der Waals surface area contributed by atoms with Crippen LogP contribution in [0.5, 0.6) is 0 Å². The van der Waals surface area contributed by atoms with Crippen LogP contribution in [-0.2, 0) is 6.18 Å². The van der Waals surface area contributed by atoms with E-state index < -0.39 is 58.1 Å². The van der Waals surface area contributed by atoms with Crippen molar-refractivity contribution in [1.29, 1.82) is 0 Å². The number of halogens is 11. The first-order valence-electron chi connectivity index (χ1n) is 10.6. The number of hydrazine groups is 1. The summed E-state index contributed by atoms with van der Waals surface area (Å²) in [5.74, 6) is -6.17. The molecule has 0 aliphatic carbocycles. The Morgan fingerprint density at radius 2 is 1.54 bits per heavy atom. The van der Waals surface area contributed by atoms with Crippen LogP contribution in [-0.4, -0.2) is 12.1 Å². The lowest BCUT2D eigenvalue weighted by Crippen LogP contribution is -2.31. The molecular formula is C25H15Cl3F8N2O. The topological polar surface area (TPSA) is 41.1 Å². The number of aryl methyl sites for hydroxylation is 1. The van der Waals surface area contributed by atoms with E-state index >= 15 is 0 Å². The molecule has 0 aliphatic heterocycles. The molecule has 3 rings (SSSR count). The maximum Gasteiger partial charge on any atom is 0.417 e. The molecule has 0 heterocycles. The number of benzene rings is 3. The van der Waals surface area contributed by atoms with E-state index in [9.17, 15) is 39.9 Å². The Morgan fingerprint density at radius 1 is 0.923 bits per heavy atom. The van der Waals surface area contributed by atoms with Gasteiger partial charge in [-0.3, -0.25) is 15.6 Å². The highest BCUT2D eigenvalue weighted by Gasteiger charge is 2.41. The summed E-state index contributed by atoms with van der Waals surface area (Å²) in [7, 11) is 0. The van der Waals surface area contributed by atoms with Crippen LogP contribution >= 0.6 is 34.8 Å². The summed E-state index contributed by atoms with van der Waals surface area (Å²) in [6.45, 7) is 1.47. The lowest BCUT2D eigenvalue weighted by Gasteiger charge is -2.19. The largest absolute Gasteiger partial charge is 0.417 e. The molecule has 1 amide bonds. The molecular weight excluding hydrogens is 603 g/mol. The van der Waals surface area contributed by atoms with Crippen molar-refractivity contribution in [3.05, 3.63) is 103 Å². The first kappa shape index (κ1) is 30.5. The predicted molar refractivity (Wildman–Crippen MR) is 133 cm³/mol. The van der Waals surface area contributed by atoms with Crippen LogP contribution in [0, 0.1) is 12.7 Å². The summed E-state index contributed by atoms with van der Waals surface area (Å²) in [6, 6.07) is 6.54. The molecule has 3 nitrogen and oxygen atoms in total. The van der Waals surface area contributed by atoms with Crippen molar-refractivity contribution in [1.82, 2.24) is 5.43 Å². The number of allylic oxidation sites excluding steroid dienone is 1. The molecule has 0 aliphatic rings. The Bertz CT molecular complexity index is 1410. The molecule has 39 heavy (non-hydrogen) atoms. The van der Waals surface area contributed by atoms with Gasteiger partial charge in [0.25, 0.3) is 5.91 Å². The van der Waals surface area contributed by atoms with E-state index in [4.69, 9.17) is 34.8 Å². The zero-order chi connectivity index (χ0) is 29.3. The molecule has 0 bridgehead atoms. The molecule has 208 valence electrons. The second-order valence-electron chi connectivity index (χ2n) is 8.13. The number of carbonyl (C=O) groups excluding carboxylic acids is 1. The summed E-state index contributed by atoms with van der Waals surface area (Å²) in [5, 5.41) is -0.928. The van der Waals surface area contributed by atoms with Gasteiger partial charge in [-0.1, -0.05) is 40.9 Å². The quantitative estimate of drug-likeness (QED) is 0.164. The van der Waals surface area contributed by atoms with Gasteiger partial charge in [0, 0.05) is 5.56 Å². The van der Waals surface area contributed by atoms with Gasteiger partial charge in [0.05, 0.1) is 31.9 Å². The van der Waals surface area contributed by atoms with Crippen molar-refractivity contribution in [2.45, 2.75) is 25.2 Å². The van der Waals surface area contributed by atoms with Gasteiger partial charge >= 0.3 is 12.4 Å². The highest BCUT2D eigenvalue weighted by molar-refractivity contribution is 6.48. The minimum atomic E-state index is -5.19. The Labute approximate surface area is 231 Å². The lowest BCUT2D eigenvalue weighted by atomic mass is 9.95. The Hall–Kier alpha value is -3.02. The first-order valence-corrected chi connectivity index (χ1v) is 11.7. The zero-order valence-corrected chi connectivity index (χ0v) is 21.6. The normalized spacial score (nSPS) is 13.3. The van der Waals surface area contributed by atoms with Crippen molar-refractivity contribution >= 4 is 52.2 Å². The van der Waals surface area contributed by atoms with Gasteiger partial charge in [0.1, 0.15) is 17.6 Å². The fraction of sp³-hybridized carbons (Fsp3) is 0.160. The van der Waals surface area contributed by atoms with Gasteiger partial charge < -0.3 is 0 Å². The van der Waals surface area contributed by atoms with E-state index in [1.807, 2.05) is 5.43 Å². The summed E-state index contributed by atoms with van der Waals surface area (Å²) in [5.41, 5.74) is 0.850. The van der Waals surface area contributed by atoms with Gasteiger partial charge in [-0.05, 0) is 66.6 Å². The average molecular weight is 618 g/mol. The Balaban J connectivity index is 1.98. The number of hydrogen-bond donors (Lipinski definition) is 2. The van der Waals surface area contributed by atoms with Crippen molar-refractivity contribution < 1.29 is 39.9 Å². The highest BCUT2D eigenvalue weighted by Crippen LogP contribution is 2.42. The summed E-state index contributed by atoms with van der Waals surface area (Å²) in [4.78, 5) is 12.5. The summed E-state index contributed by atoms with van der Waals surface area (Å²) >= 11 is 17.3. The number of alkyl halides is 6.